The molecule has 1 aliphatic heterocycles. The molecule has 0 saturated carbocycles. The molecule has 2 heterocycles. The van der Waals surface area contributed by atoms with Gasteiger partial charge in [0.05, 0.1) is 24.5 Å². The van der Waals surface area contributed by atoms with E-state index in [1.165, 1.54) is 12.1 Å². The molecule has 0 saturated heterocycles. The molecule has 0 aliphatic carbocycles. The van der Waals surface area contributed by atoms with E-state index in [1.807, 2.05) is 30.3 Å². The van der Waals surface area contributed by atoms with Crippen molar-refractivity contribution in [3.8, 4) is 11.4 Å². The number of rotatable bonds is 4. The minimum Gasteiger partial charge on any atom is -0.508 e. The van der Waals surface area contributed by atoms with E-state index in [0.29, 0.717) is 24.1 Å². The molecular weight excluding hydrogens is 370 g/mol. The van der Waals surface area contributed by atoms with E-state index in [4.69, 9.17) is 4.74 Å². The predicted molar refractivity (Wildman–Crippen MR) is 106 cm³/mol. The highest BCUT2D eigenvalue weighted by Crippen LogP contribution is 2.27. The topological polar surface area (TPSA) is 84.7 Å². The van der Waals surface area contributed by atoms with Gasteiger partial charge in [-0.2, -0.15) is 5.10 Å². The van der Waals surface area contributed by atoms with E-state index in [2.05, 4.69) is 5.10 Å². The van der Waals surface area contributed by atoms with Crippen LogP contribution >= 0.6 is 0 Å². The van der Waals surface area contributed by atoms with E-state index in [0.717, 1.165) is 11.4 Å². The maximum Gasteiger partial charge on any atom is 0.359 e. The number of fused-ring (bicyclic) bond motifs is 1. The van der Waals surface area contributed by atoms with Gasteiger partial charge in [-0.3, -0.25) is 4.79 Å². The molecule has 148 valence electrons. The van der Waals surface area contributed by atoms with Gasteiger partial charge < -0.3 is 14.7 Å². The third-order valence-corrected chi connectivity index (χ3v) is 4.91. The third-order valence-electron chi connectivity index (χ3n) is 4.91. The fourth-order valence-electron chi connectivity index (χ4n) is 3.56. The van der Waals surface area contributed by atoms with Crippen LogP contribution in [0.4, 0.5) is 0 Å². The minimum absolute atomic E-state index is 0.0395. The van der Waals surface area contributed by atoms with E-state index in [1.54, 1.807) is 28.6 Å². The van der Waals surface area contributed by atoms with Crippen molar-refractivity contribution in [3.05, 3.63) is 77.1 Å². The van der Waals surface area contributed by atoms with Gasteiger partial charge in [0, 0.05) is 24.1 Å². The Hall–Kier alpha value is -3.61. The molecule has 0 unspecified atom stereocenters. The fraction of sp³-hybridized carbons (Fsp3) is 0.227. The van der Waals surface area contributed by atoms with Gasteiger partial charge in [0.25, 0.3) is 5.91 Å². The van der Waals surface area contributed by atoms with E-state index in [-0.39, 0.29) is 30.5 Å². The van der Waals surface area contributed by atoms with Gasteiger partial charge in [0.2, 0.25) is 0 Å². The van der Waals surface area contributed by atoms with Crippen LogP contribution in [0.1, 0.15) is 39.0 Å². The number of phenolic OH excluding ortho intramolecular Hbond substituents is 1. The lowest BCUT2D eigenvalue weighted by atomic mass is 10.0. The summed E-state index contributed by atoms with van der Waals surface area (Å²) >= 11 is 0. The number of carbonyl (C=O) groups is 2. The molecule has 0 bridgehead atoms. The zero-order valence-electron chi connectivity index (χ0n) is 16.0. The molecule has 1 amide bonds. The summed E-state index contributed by atoms with van der Waals surface area (Å²) in [5.74, 6) is -0.656. The first kappa shape index (κ1) is 18.7. The van der Waals surface area contributed by atoms with Crippen LogP contribution in [0.15, 0.2) is 54.6 Å². The Morgan fingerprint density at radius 2 is 1.93 bits per heavy atom. The van der Waals surface area contributed by atoms with Gasteiger partial charge in [-0.15, -0.1) is 0 Å². The Balaban J connectivity index is 1.72. The quantitative estimate of drug-likeness (QED) is 0.691. The van der Waals surface area contributed by atoms with Crippen molar-refractivity contribution in [2.24, 2.45) is 0 Å². The molecular formula is C22H21N3O4. The number of carbonyl (C=O) groups excluding carboxylic acids is 2. The highest BCUT2D eigenvalue weighted by atomic mass is 16.5. The van der Waals surface area contributed by atoms with Crippen molar-refractivity contribution in [1.82, 2.24) is 14.7 Å². The molecule has 0 fully saturated rings. The van der Waals surface area contributed by atoms with E-state index in [9.17, 15) is 14.7 Å². The zero-order valence-corrected chi connectivity index (χ0v) is 16.0. The number of phenols is 1. The summed E-state index contributed by atoms with van der Waals surface area (Å²) in [5.41, 5.74) is 3.10. The van der Waals surface area contributed by atoms with Crippen molar-refractivity contribution in [2.45, 2.75) is 19.9 Å². The summed E-state index contributed by atoms with van der Waals surface area (Å²) in [6.45, 7) is 2.74. The smallest absolute Gasteiger partial charge is 0.359 e. The molecule has 0 atom stereocenters. The Labute approximate surface area is 168 Å². The summed E-state index contributed by atoms with van der Waals surface area (Å²) in [4.78, 5) is 27.1. The second-order valence-electron chi connectivity index (χ2n) is 6.77. The van der Waals surface area contributed by atoms with E-state index < -0.39 is 5.97 Å². The highest BCUT2D eigenvalue weighted by molar-refractivity contribution is 5.95. The average Bonchev–Trinajstić information content (AvgIpc) is 3.13. The summed E-state index contributed by atoms with van der Waals surface area (Å²) in [6.07, 6.45) is 0.557. The number of amides is 1. The zero-order chi connectivity index (χ0) is 20.4. The summed E-state index contributed by atoms with van der Waals surface area (Å²) in [6, 6.07) is 15.8. The average molecular weight is 391 g/mol. The van der Waals surface area contributed by atoms with Crippen LogP contribution in [0.2, 0.25) is 0 Å². The Kier molecular flexibility index (Phi) is 5.03. The van der Waals surface area contributed by atoms with Crippen LogP contribution < -0.4 is 0 Å². The van der Waals surface area contributed by atoms with Crippen molar-refractivity contribution in [2.75, 3.05) is 13.2 Å². The Morgan fingerprint density at radius 3 is 2.66 bits per heavy atom. The normalized spacial score (nSPS) is 13.1. The first-order valence-corrected chi connectivity index (χ1v) is 9.50. The lowest BCUT2D eigenvalue weighted by molar-refractivity contribution is 0.0513. The number of hydrogen-bond acceptors (Lipinski definition) is 5. The number of ether oxygens (including phenoxy) is 1. The summed E-state index contributed by atoms with van der Waals surface area (Å²) in [7, 11) is 0. The molecule has 4 rings (SSSR count). The van der Waals surface area contributed by atoms with Crippen LogP contribution in [0.3, 0.4) is 0 Å². The maximum absolute atomic E-state index is 12.9. The second-order valence-corrected chi connectivity index (χ2v) is 6.77. The second kappa shape index (κ2) is 7.79. The van der Waals surface area contributed by atoms with Crippen molar-refractivity contribution in [3.63, 3.8) is 0 Å². The molecule has 7 nitrogen and oxygen atoms in total. The van der Waals surface area contributed by atoms with Crippen molar-refractivity contribution in [1.29, 1.82) is 0 Å². The lowest BCUT2D eigenvalue weighted by Gasteiger charge is -2.28. The molecule has 29 heavy (non-hydrogen) atoms. The highest BCUT2D eigenvalue weighted by Gasteiger charge is 2.31. The first-order valence-electron chi connectivity index (χ1n) is 9.50. The van der Waals surface area contributed by atoms with E-state index >= 15 is 0 Å². The fourth-order valence-corrected chi connectivity index (χ4v) is 3.56. The van der Waals surface area contributed by atoms with Gasteiger partial charge in [-0.25, -0.2) is 9.48 Å². The molecule has 1 N–H and O–H groups in total. The molecule has 0 radical (unpaired) electrons. The van der Waals surface area contributed by atoms with Crippen LogP contribution in [0.5, 0.6) is 5.75 Å². The Morgan fingerprint density at radius 1 is 1.14 bits per heavy atom. The van der Waals surface area contributed by atoms with Gasteiger partial charge in [-0.05, 0) is 37.3 Å². The molecule has 1 aliphatic rings. The minimum atomic E-state index is -0.495. The van der Waals surface area contributed by atoms with Gasteiger partial charge in [0.1, 0.15) is 5.75 Å². The van der Waals surface area contributed by atoms with Crippen LogP contribution in [-0.4, -0.2) is 44.8 Å². The Bertz CT molecular complexity index is 1060. The SMILES string of the molecule is CCOC(=O)c1nn(-c2ccccc2)c2c1CN(C(=O)c1cccc(O)c1)CC2. The molecule has 3 aromatic rings. The number of nitrogens with zero attached hydrogens (tertiary/aromatic N) is 3. The standard InChI is InChI=1S/C22H21N3O4/c1-2-29-22(28)20-18-14-24(21(27)15-7-6-10-17(26)13-15)12-11-19(18)25(23-20)16-8-4-3-5-9-16/h3-10,13,26H,2,11-12,14H2,1H3. The molecule has 2 aromatic carbocycles. The molecule has 7 heteroatoms. The third kappa shape index (κ3) is 3.59. The lowest BCUT2D eigenvalue weighted by Crippen LogP contribution is -2.36. The molecule has 0 spiro atoms. The number of hydrogen-bond donors (Lipinski definition) is 1. The van der Waals surface area contributed by atoms with Gasteiger partial charge >= 0.3 is 5.97 Å². The maximum atomic E-state index is 12.9. The number of benzene rings is 2. The number of aromatic hydroxyl groups is 1. The predicted octanol–water partition coefficient (Wildman–Crippen LogP) is 2.95. The number of esters is 1. The van der Waals surface area contributed by atoms with Gasteiger partial charge in [0.15, 0.2) is 5.69 Å². The number of para-hydroxylation sites is 1. The van der Waals surface area contributed by atoms with Crippen molar-refractivity contribution >= 4 is 11.9 Å². The van der Waals surface area contributed by atoms with Crippen LogP contribution in [0, 0.1) is 0 Å². The summed E-state index contributed by atoms with van der Waals surface area (Å²) < 4.78 is 6.95. The molecule has 1 aromatic heterocycles. The van der Waals surface area contributed by atoms with Gasteiger partial charge in [-0.1, -0.05) is 24.3 Å². The van der Waals surface area contributed by atoms with Crippen LogP contribution in [-0.2, 0) is 17.7 Å². The first-order chi connectivity index (χ1) is 14.1. The number of aromatic nitrogens is 2. The monoisotopic (exact) mass is 391 g/mol. The van der Waals surface area contributed by atoms with Crippen molar-refractivity contribution < 1.29 is 19.4 Å². The summed E-state index contributed by atoms with van der Waals surface area (Å²) in [5, 5.41) is 14.2. The van der Waals surface area contributed by atoms with Crippen LogP contribution in [0.25, 0.3) is 5.69 Å². The largest absolute Gasteiger partial charge is 0.508 e.